The maximum atomic E-state index is 13.9. The molecule has 1 aromatic carbocycles. The van der Waals surface area contributed by atoms with Crippen LogP contribution in [0.5, 0.6) is 11.5 Å². The fourth-order valence-electron chi connectivity index (χ4n) is 6.81. The maximum Gasteiger partial charge on any atom is 0.254 e. The zero-order valence-corrected chi connectivity index (χ0v) is 29.2. The highest BCUT2D eigenvalue weighted by atomic mass is 32.2. The Hall–Kier alpha value is -3.62. The summed E-state index contributed by atoms with van der Waals surface area (Å²) in [5.41, 5.74) is 9.84. The number of ether oxygens (including phenoxy) is 5. The smallest absolute Gasteiger partial charge is 0.254 e. The fourth-order valence-corrected chi connectivity index (χ4v) is 7.52. The van der Waals surface area contributed by atoms with Crippen molar-refractivity contribution in [2.75, 3.05) is 38.5 Å². The van der Waals surface area contributed by atoms with Gasteiger partial charge in [-0.1, -0.05) is 0 Å². The number of hydrogen-bond acceptors (Lipinski definition) is 11. The quantitative estimate of drug-likeness (QED) is 0.275. The van der Waals surface area contributed by atoms with Gasteiger partial charge in [0.1, 0.15) is 5.82 Å². The van der Waals surface area contributed by atoms with E-state index in [4.69, 9.17) is 34.4 Å². The number of carbonyl (C=O) groups is 1. The number of carbonyl (C=O) groups excluding carboxylic acids is 1. The average Bonchev–Trinajstić information content (AvgIpc) is 3.46. The molecular weight excluding hydrogens is 634 g/mol. The first-order chi connectivity index (χ1) is 23.0. The Labute approximate surface area is 285 Å². The van der Waals surface area contributed by atoms with Crippen LogP contribution < -0.4 is 31.0 Å². The van der Waals surface area contributed by atoms with E-state index in [1.165, 1.54) is 11.8 Å². The molecule has 1 unspecified atom stereocenters. The Morgan fingerprint density at radius 2 is 1.79 bits per heavy atom. The summed E-state index contributed by atoms with van der Waals surface area (Å²) in [5, 5.41) is 2.98. The lowest BCUT2D eigenvalue weighted by Gasteiger charge is -2.37. The third kappa shape index (κ3) is 6.79. The molecule has 13 heteroatoms. The van der Waals surface area contributed by atoms with E-state index < -0.39 is 18.4 Å². The highest BCUT2D eigenvalue weighted by molar-refractivity contribution is 7.98. The predicted octanol–water partition coefficient (Wildman–Crippen LogP) is 4.49. The molecule has 3 atom stereocenters. The van der Waals surface area contributed by atoms with Gasteiger partial charge in [-0.05, 0) is 70.1 Å². The molecule has 4 heterocycles. The summed E-state index contributed by atoms with van der Waals surface area (Å²) in [6.45, 7) is 6.75. The van der Waals surface area contributed by atoms with Crippen LogP contribution in [0, 0.1) is 19.8 Å². The minimum Gasteiger partial charge on any atom is -0.448 e. The van der Waals surface area contributed by atoms with E-state index in [-0.39, 0.29) is 30.0 Å². The number of aromatic amines is 1. The summed E-state index contributed by atoms with van der Waals surface area (Å²) >= 11 is 1.47. The van der Waals surface area contributed by atoms with Gasteiger partial charge in [-0.2, -0.15) is 0 Å². The van der Waals surface area contributed by atoms with Gasteiger partial charge in [-0.25, -0.2) is 4.98 Å². The molecule has 1 aliphatic carbocycles. The number of nitrogens with zero attached hydrogens (tertiary/aromatic N) is 2. The van der Waals surface area contributed by atoms with Crippen molar-refractivity contribution in [1.29, 1.82) is 0 Å². The van der Waals surface area contributed by atoms with Gasteiger partial charge < -0.3 is 44.6 Å². The molecule has 3 aromatic rings. The Morgan fingerprint density at radius 1 is 1.10 bits per heavy atom. The van der Waals surface area contributed by atoms with Crippen molar-refractivity contribution in [3.8, 4) is 22.6 Å². The molecule has 3 aliphatic rings. The Bertz CT molecular complexity index is 1700. The summed E-state index contributed by atoms with van der Waals surface area (Å²) in [5.74, 6) is 0.763. The summed E-state index contributed by atoms with van der Waals surface area (Å²) in [7, 11) is 3.20. The standard InChI is InChI=1S/C35H45N5O7S/c1-19-13-27(48-6)26(34(42)39-19)16-38-33(41)24-14-25(21-7-12-28(37-15-21)40-17-29(43-4)45-30(18-40)44-5)32-31(20(24)2)46-35(3,47-32)22-8-10-23(36)11-9-22/h7,12-15,22-23,29-30H,8-11,16-18,36H2,1-6H3,(H,38,41)(H,39,42)/t22?,23?,29-,30+,35?. The molecule has 1 saturated heterocycles. The van der Waals surface area contributed by atoms with Gasteiger partial charge in [0, 0.05) is 84.3 Å². The first kappa shape index (κ1) is 34.3. The SMILES string of the molecule is CO[C@H]1CN(c2ccc(-c3cc(C(=O)NCc4c(SC)cc(C)[nH]c4=O)c(C)c4c3OC(C)(C3CCC(N)CC3)O4)cn2)C[C@@H](OC)O1. The Morgan fingerprint density at radius 3 is 2.42 bits per heavy atom. The number of aryl methyl sites for hydroxylation is 1. The Kier molecular flexibility index (Phi) is 10.0. The van der Waals surface area contributed by atoms with E-state index in [2.05, 4.69) is 10.3 Å². The molecule has 0 radical (unpaired) electrons. The number of anilines is 1. The lowest BCUT2D eigenvalue weighted by atomic mass is 9.81. The third-order valence-electron chi connectivity index (χ3n) is 9.68. The molecule has 6 rings (SSSR count). The summed E-state index contributed by atoms with van der Waals surface area (Å²) in [4.78, 5) is 37.2. The number of benzene rings is 1. The number of amides is 1. The second kappa shape index (κ2) is 14.1. The van der Waals surface area contributed by atoms with Gasteiger partial charge in [0.25, 0.3) is 17.3 Å². The lowest BCUT2D eigenvalue weighted by molar-refractivity contribution is -0.235. The van der Waals surface area contributed by atoms with Crippen LogP contribution in [0.15, 0.2) is 40.2 Å². The zero-order valence-electron chi connectivity index (χ0n) is 28.4. The van der Waals surface area contributed by atoms with Crippen molar-refractivity contribution < 1.29 is 28.5 Å². The number of methoxy groups -OCH3 is 2. The molecule has 1 amide bonds. The van der Waals surface area contributed by atoms with Gasteiger partial charge in [0.05, 0.1) is 13.1 Å². The van der Waals surface area contributed by atoms with Crippen LogP contribution in [0.25, 0.3) is 11.1 Å². The van der Waals surface area contributed by atoms with Crippen LogP contribution in [-0.2, 0) is 20.8 Å². The molecule has 2 aliphatic heterocycles. The number of fused-ring (bicyclic) bond motifs is 1. The summed E-state index contributed by atoms with van der Waals surface area (Å²) in [6.07, 6.45) is 6.36. The van der Waals surface area contributed by atoms with E-state index >= 15 is 0 Å². The summed E-state index contributed by atoms with van der Waals surface area (Å²) < 4.78 is 30.1. The number of pyridine rings is 2. The van der Waals surface area contributed by atoms with Gasteiger partial charge in [-0.3, -0.25) is 9.59 Å². The monoisotopic (exact) mass is 679 g/mol. The Balaban J connectivity index is 1.34. The van der Waals surface area contributed by atoms with E-state index in [1.54, 1.807) is 20.4 Å². The van der Waals surface area contributed by atoms with E-state index in [9.17, 15) is 9.59 Å². The largest absolute Gasteiger partial charge is 0.448 e. The molecular formula is C35H45N5O7S. The number of H-pyrrole nitrogens is 1. The average molecular weight is 680 g/mol. The van der Waals surface area contributed by atoms with Crippen molar-refractivity contribution in [3.63, 3.8) is 0 Å². The number of hydrogen-bond donors (Lipinski definition) is 3. The maximum absolute atomic E-state index is 13.9. The second-order valence-corrected chi connectivity index (χ2v) is 13.7. The molecule has 0 spiro atoms. The first-order valence-electron chi connectivity index (χ1n) is 16.3. The van der Waals surface area contributed by atoms with Crippen molar-refractivity contribution in [3.05, 3.63) is 63.2 Å². The predicted molar refractivity (Wildman–Crippen MR) is 184 cm³/mol. The van der Waals surface area contributed by atoms with Crippen LogP contribution >= 0.6 is 11.8 Å². The van der Waals surface area contributed by atoms with Crippen molar-refractivity contribution in [1.82, 2.24) is 15.3 Å². The van der Waals surface area contributed by atoms with E-state index in [0.29, 0.717) is 46.8 Å². The zero-order chi connectivity index (χ0) is 34.2. The highest BCUT2D eigenvalue weighted by Gasteiger charge is 2.47. The number of morpholine rings is 1. The minimum absolute atomic E-state index is 0.0780. The minimum atomic E-state index is -0.912. The number of nitrogens with two attached hydrogens (primary N) is 1. The molecule has 2 fully saturated rings. The highest BCUT2D eigenvalue weighted by Crippen LogP contribution is 2.52. The number of thioether (sulfide) groups is 1. The van der Waals surface area contributed by atoms with Crippen molar-refractivity contribution in [2.45, 2.75) is 82.3 Å². The molecule has 4 N–H and O–H groups in total. The number of aromatic nitrogens is 2. The van der Waals surface area contributed by atoms with Crippen molar-refractivity contribution in [2.24, 2.45) is 11.7 Å². The van der Waals surface area contributed by atoms with Crippen LogP contribution in [0.1, 0.15) is 59.8 Å². The topological polar surface area (TPSA) is 150 Å². The van der Waals surface area contributed by atoms with Crippen LogP contribution in [0.3, 0.4) is 0 Å². The first-order valence-corrected chi connectivity index (χ1v) is 17.5. The third-order valence-corrected chi connectivity index (χ3v) is 10.5. The van der Waals surface area contributed by atoms with Gasteiger partial charge in [0.15, 0.2) is 24.1 Å². The number of nitrogens with one attached hydrogen (secondary N) is 2. The second-order valence-electron chi connectivity index (χ2n) is 12.9. The fraction of sp³-hybridized carbons (Fsp3) is 0.514. The molecule has 0 bridgehead atoms. The summed E-state index contributed by atoms with van der Waals surface area (Å²) in [6, 6.07) is 7.82. The molecule has 12 nitrogen and oxygen atoms in total. The van der Waals surface area contributed by atoms with Crippen LogP contribution in [0.4, 0.5) is 5.82 Å². The molecule has 48 heavy (non-hydrogen) atoms. The van der Waals surface area contributed by atoms with Gasteiger partial charge in [-0.15, -0.1) is 11.8 Å². The van der Waals surface area contributed by atoms with Crippen LogP contribution in [-0.4, -0.2) is 73.8 Å². The van der Waals surface area contributed by atoms with Gasteiger partial charge >= 0.3 is 0 Å². The van der Waals surface area contributed by atoms with E-state index in [1.807, 2.05) is 56.2 Å². The molecule has 258 valence electrons. The van der Waals surface area contributed by atoms with E-state index in [0.717, 1.165) is 47.7 Å². The van der Waals surface area contributed by atoms with Crippen molar-refractivity contribution >= 4 is 23.5 Å². The lowest BCUT2D eigenvalue weighted by Crippen LogP contribution is -2.49. The molecule has 1 saturated carbocycles. The normalized spacial score (nSPS) is 25.3. The van der Waals surface area contributed by atoms with Gasteiger partial charge in [0.2, 0.25) is 0 Å². The van der Waals surface area contributed by atoms with Crippen LogP contribution in [0.2, 0.25) is 0 Å². The molecule has 2 aromatic heterocycles. The number of rotatable bonds is 9.